The number of hydrogen-bond donors (Lipinski definition) is 3. The van der Waals surface area contributed by atoms with Gasteiger partial charge in [-0.1, -0.05) is 36.4 Å². The Morgan fingerprint density at radius 2 is 1.73 bits per heavy atom. The average Bonchev–Trinajstić information content (AvgIpc) is 3.43. The molecule has 0 radical (unpaired) electrons. The maximum atomic E-state index is 12.6. The highest BCUT2D eigenvalue weighted by atomic mass is 16.3. The number of aromatic nitrogens is 3. The molecule has 2 aromatic heterocycles. The van der Waals surface area contributed by atoms with E-state index >= 15 is 0 Å². The number of amides is 2. The molecule has 2 heterocycles. The number of carbonyl (C=O) groups is 1. The predicted octanol–water partition coefficient (Wildman–Crippen LogP) is 6.45. The van der Waals surface area contributed by atoms with Crippen molar-refractivity contribution < 1.29 is 9.21 Å². The minimum atomic E-state index is -0.305. The van der Waals surface area contributed by atoms with E-state index in [4.69, 9.17) is 4.42 Å². The fourth-order valence-electron chi connectivity index (χ4n) is 3.86. The zero-order valence-corrected chi connectivity index (χ0v) is 18.6. The Kier molecular flexibility index (Phi) is 5.14. The van der Waals surface area contributed by atoms with Crippen molar-refractivity contribution in [3.63, 3.8) is 0 Å². The van der Waals surface area contributed by atoms with Crippen LogP contribution < -0.4 is 10.6 Å². The van der Waals surface area contributed by atoms with Crippen LogP contribution in [0.2, 0.25) is 0 Å². The Bertz CT molecular complexity index is 1460. The first kappa shape index (κ1) is 20.5. The molecule has 7 nitrogen and oxygen atoms in total. The molecule has 0 saturated heterocycles. The summed E-state index contributed by atoms with van der Waals surface area (Å²) in [7, 11) is 0. The van der Waals surface area contributed by atoms with Crippen LogP contribution in [0.15, 0.2) is 71.3 Å². The third-order valence-corrected chi connectivity index (χ3v) is 5.53. The molecule has 3 N–H and O–H groups in total. The number of nitrogens with one attached hydrogen (secondary N) is 3. The van der Waals surface area contributed by atoms with Gasteiger partial charge in [0.2, 0.25) is 5.89 Å². The van der Waals surface area contributed by atoms with E-state index in [-0.39, 0.29) is 6.03 Å². The average molecular weight is 438 g/mol. The molecule has 0 aliphatic carbocycles. The van der Waals surface area contributed by atoms with Crippen molar-refractivity contribution in [1.29, 1.82) is 0 Å². The van der Waals surface area contributed by atoms with E-state index in [1.54, 1.807) is 6.20 Å². The van der Waals surface area contributed by atoms with E-state index in [0.29, 0.717) is 17.3 Å². The fourth-order valence-corrected chi connectivity index (χ4v) is 3.86. The van der Waals surface area contributed by atoms with Gasteiger partial charge >= 0.3 is 6.03 Å². The Balaban J connectivity index is 1.41. The zero-order valence-electron chi connectivity index (χ0n) is 18.6. The van der Waals surface area contributed by atoms with Crippen molar-refractivity contribution in [2.45, 2.75) is 20.8 Å². The van der Waals surface area contributed by atoms with Crippen LogP contribution >= 0.6 is 0 Å². The van der Waals surface area contributed by atoms with Crippen molar-refractivity contribution in [3.8, 4) is 22.7 Å². The number of rotatable bonds is 4. The molecule has 0 saturated carbocycles. The summed E-state index contributed by atoms with van der Waals surface area (Å²) in [6.45, 7) is 5.96. The lowest BCUT2D eigenvalue weighted by atomic mass is 10.1. The van der Waals surface area contributed by atoms with Crippen LogP contribution in [0.1, 0.15) is 16.7 Å². The van der Waals surface area contributed by atoms with Gasteiger partial charge < -0.3 is 15.1 Å². The number of aromatic amines is 1. The number of fused-ring (bicyclic) bond motifs is 1. The van der Waals surface area contributed by atoms with Crippen LogP contribution in [-0.2, 0) is 0 Å². The standard InChI is InChI=1S/C26H23N5O2/c1-15-10-11-22-21(12-15)29-25(33-22)20-14-27-31-24(20)18-8-5-9-19(13-18)28-26(32)30-23-16(2)6-4-7-17(23)3/h4-14H,1-3H3,(H,27,31)(H2,28,30,32). The molecule has 5 aromatic rings. The largest absolute Gasteiger partial charge is 0.436 e. The Morgan fingerprint density at radius 3 is 2.55 bits per heavy atom. The van der Waals surface area contributed by atoms with E-state index < -0.39 is 0 Å². The van der Waals surface area contributed by atoms with Crippen LogP contribution in [0.5, 0.6) is 0 Å². The molecule has 5 rings (SSSR count). The lowest BCUT2D eigenvalue weighted by Crippen LogP contribution is -2.20. The second kappa shape index (κ2) is 8.27. The number of para-hydroxylation sites is 1. The second-order valence-electron chi connectivity index (χ2n) is 8.06. The van der Waals surface area contributed by atoms with E-state index in [0.717, 1.165) is 44.6 Å². The maximum absolute atomic E-state index is 12.6. The normalized spacial score (nSPS) is 11.0. The van der Waals surface area contributed by atoms with Gasteiger partial charge in [-0.3, -0.25) is 5.10 Å². The molecule has 33 heavy (non-hydrogen) atoms. The van der Waals surface area contributed by atoms with Gasteiger partial charge in [0.05, 0.1) is 5.56 Å². The summed E-state index contributed by atoms with van der Waals surface area (Å²) in [5.74, 6) is 0.491. The SMILES string of the molecule is Cc1ccc2oc(-c3c[nH]nc3-c3cccc(NC(=O)Nc4c(C)cccc4C)c3)nc2c1. The highest BCUT2D eigenvalue weighted by Gasteiger charge is 2.17. The summed E-state index contributed by atoms with van der Waals surface area (Å²) in [5.41, 5.74) is 8.39. The number of carbonyl (C=O) groups excluding carboxylic acids is 1. The first-order chi connectivity index (χ1) is 16.0. The van der Waals surface area contributed by atoms with Gasteiger partial charge in [0, 0.05) is 23.1 Å². The molecule has 0 atom stereocenters. The molecule has 3 aromatic carbocycles. The Morgan fingerprint density at radius 1 is 0.939 bits per heavy atom. The van der Waals surface area contributed by atoms with Crippen LogP contribution in [0, 0.1) is 20.8 Å². The molecule has 0 unspecified atom stereocenters. The molecule has 0 fully saturated rings. The number of benzene rings is 3. The number of hydrogen-bond acceptors (Lipinski definition) is 4. The third kappa shape index (κ3) is 4.08. The number of anilines is 2. The quantitative estimate of drug-likeness (QED) is 0.301. The lowest BCUT2D eigenvalue weighted by Gasteiger charge is -2.13. The summed E-state index contributed by atoms with van der Waals surface area (Å²) >= 11 is 0. The van der Waals surface area contributed by atoms with Crippen molar-refractivity contribution in [1.82, 2.24) is 15.2 Å². The van der Waals surface area contributed by atoms with Crippen molar-refractivity contribution in [3.05, 3.63) is 83.6 Å². The first-order valence-electron chi connectivity index (χ1n) is 10.6. The fraction of sp³-hybridized carbons (Fsp3) is 0.115. The molecule has 0 spiro atoms. The first-order valence-corrected chi connectivity index (χ1v) is 10.6. The summed E-state index contributed by atoms with van der Waals surface area (Å²) in [6, 6.07) is 19.0. The Hall–Kier alpha value is -4.39. The summed E-state index contributed by atoms with van der Waals surface area (Å²) in [6.07, 6.45) is 1.76. The van der Waals surface area contributed by atoms with Gasteiger partial charge in [0.25, 0.3) is 0 Å². The van der Waals surface area contributed by atoms with Gasteiger partial charge in [-0.25, -0.2) is 9.78 Å². The van der Waals surface area contributed by atoms with Gasteiger partial charge in [-0.05, 0) is 61.7 Å². The predicted molar refractivity (Wildman–Crippen MR) is 130 cm³/mol. The van der Waals surface area contributed by atoms with Crippen molar-refractivity contribution >= 4 is 28.5 Å². The second-order valence-corrected chi connectivity index (χ2v) is 8.06. The van der Waals surface area contributed by atoms with E-state index in [1.165, 1.54) is 0 Å². The third-order valence-electron chi connectivity index (χ3n) is 5.53. The van der Waals surface area contributed by atoms with E-state index in [1.807, 2.05) is 81.4 Å². The van der Waals surface area contributed by atoms with Crippen molar-refractivity contribution in [2.75, 3.05) is 10.6 Å². The van der Waals surface area contributed by atoms with Crippen molar-refractivity contribution in [2.24, 2.45) is 0 Å². The molecule has 164 valence electrons. The van der Waals surface area contributed by atoms with Crippen LogP contribution in [0.3, 0.4) is 0 Å². The summed E-state index contributed by atoms with van der Waals surface area (Å²) in [4.78, 5) is 17.3. The van der Waals surface area contributed by atoms with Crippen LogP contribution in [0.4, 0.5) is 16.2 Å². The molecular formula is C26H23N5O2. The molecule has 2 amide bonds. The highest BCUT2D eigenvalue weighted by Crippen LogP contribution is 2.33. The number of H-pyrrole nitrogens is 1. The molecule has 0 bridgehead atoms. The van der Waals surface area contributed by atoms with E-state index in [2.05, 4.69) is 25.8 Å². The van der Waals surface area contributed by atoms with Gasteiger partial charge in [0.1, 0.15) is 11.2 Å². The van der Waals surface area contributed by atoms with Crippen LogP contribution in [0.25, 0.3) is 33.8 Å². The topological polar surface area (TPSA) is 95.8 Å². The van der Waals surface area contributed by atoms with Gasteiger partial charge in [-0.2, -0.15) is 5.10 Å². The van der Waals surface area contributed by atoms with Gasteiger partial charge in [-0.15, -0.1) is 0 Å². The molecule has 7 heteroatoms. The number of urea groups is 1. The number of oxazole rings is 1. The van der Waals surface area contributed by atoms with E-state index in [9.17, 15) is 4.79 Å². The smallest absolute Gasteiger partial charge is 0.323 e. The molecule has 0 aliphatic rings. The summed E-state index contributed by atoms with van der Waals surface area (Å²) in [5, 5.41) is 13.2. The number of aryl methyl sites for hydroxylation is 3. The molecule has 0 aliphatic heterocycles. The minimum Gasteiger partial charge on any atom is -0.436 e. The van der Waals surface area contributed by atoms with Gasteiger partial charge in [0.15, 0.2) is 5.58 Å². The monoisotopic (exact) mass is 437 g/mol. The maximum Gasteiger partial charge on any atom is 0.323 e. The minimum absolute atomic E-state index is 0.305. The Labute approximate surface area is 190 Å². The zero-order chi connectivity index (χ0) is 22.9. The molecular weight excluding hydrogens is 414 g/mol. The lowest BCUT2D eigenvalue weighted by molar-refractivity contribution is 0.262. The van der Waals surface area contributed by atoms with Crippen LogP contribution in [-0.4, -0.2) is 21.2 Å². The number of nitrogens with zero attached hydrogens (tertiary/aromatic N) is 2. The summed E-state index contributed by atoms with van der Waals surface area (Å²) < 4.78 is 5.96. The highest BCUT2D eigenvalue weighted by molar-refractivity contribution is 6.01.